The standard InChI is InChI=1S/C22H34O3/c1-6-20(3)12-16-8-9-18-21(4,14-25-15(2)23)10-7-11-22(18,5)19(16)17(24)13-20/h6,12,17-19,24H,1,7-11,13-14H2,2-5H3/t17-,18+,19?,20-,21+,22+/m1/s1. The van der Waals surface area contributed by atoms with Gasteiger partial charge in [-0.25, -0.2) is 0 Å². The predicted molar refractivity (Wildman–Crippen MR) is 99.9 cm³/mol. The molecule has 0 spiro atoms. The van der Waals surface area contributed by atoms with Crippen LogP contribution in [0.4, 0.5) is 0 Å². The third-order valence-electron chi connectivity index (χ3n) is 7.55. The highest BCUT2D eigenvalue weighted by Gasteiger charge is 2.58. The molecule has 0 aromatic heterocycles. The molecule has 140 valence electrons. The van der Waals surface area contributed by atoms with Crippen LogP contribution in [0.3, 0.4) is 0 Å². The Morgan fingerprint density at radius 2 is 2.12 bits per heavy atom. The number of carbonyl (C=O) groups excluding carboxylic acids is 1. The van der Waals surface area contributed by atoms with E-state index in [0.29, 0.717) is 12.5 Å². The first kappa shape index (κ1) is 18.7. The lowest BCUT2D eigenvalue weighted by Crippen LogP contribution is -2.56. The molecule has 0 radical (unpaired) electrons. The normalized spacial score (nSPS) is 46.4. The van der Waals surface area contributed by atoms with Crippen molar-refractivity contribution in [3.63, 3.8) is 0 Å². The van der Waals surface area contributed by atoms with Gasteiger partial charge in [0.1, 0.15) is 0 Å². The van der Waals surface area contributed by atoms with Crippen LogP contribution in [-0.4, -0.2) is 23.8 Å². The number of aliphatic hydroxyl groups is 1. The van der Waals surface area contributed by atoms with Crippen molar-refractivity contribution >= 4 is 5.97 Å². The Morgan fingerprint density at radius 1 is 1.40 bits per heavy atom. The van der Waals surface area contributed by atoms with Gasteiger partial charge in [-0.1, -0.05) is 44.9 Å². The molecule has 3 aliphatic carbocycles. The number of rotatable bonds is 3. The van der Waals surface area contributed by atoms with Gasteiger partial charge in [0.05, 0.1) is 12.7 Å². The maximum Gasteiger partial charge on any atom is 0.302 e. The van der Waals surface area contributed by atoms with Crippen LogP contribution in [0.25, 0.3) is 0 Å². The molecule has 1 unspecified atom stereocenters. The molecule has 25 heavy (non-hydrogen) atoms. The Labute approximate surface area is 152 Å². The molecule has 0 amide bonds. The van der Waals surface area contributed by atoms with E-state index in [-0.39, 0.29) is 34.2 Å². The largest absolute Gasteiger partial charge is 0.465 e. The Bertz CT molecular complexity index is 594. The number of fused-ring (bicyclic) bond motifs is 3. The third-order valence-corrected chi connectivity index (χ3v) is 7.55. The SMILES string of the molecule is C=C[C@]1(C)C=C2CC[C@H]3[C@](C)(COC(C)=O)CCC[C@]3(C)C2[C@H](O)C1. The summed E-state index contributed by atoms with van der Waals surface area (Å²) in [5.74, 6) is 0.526. The van der Waals surface area contributed by atoms with Gasteiger partial charge in [0.2, 0.25) is 0 Å². The smallest absolute Gasteiger partial charge is 0.302 e. The summed E-state index contributed by atoms with van der Waals surface area (Å²) >= 11 is 0. The van der Waals surface area contributed by atoms with E-state index in [9.17, 15) is 9.90 Å². The van der Waals surface area contributed by atoms with Gasteiger partial charge in [0.25, 0.3) is 0 Å². The summed E-state index contributed by atoms with van der Waals surface area (Å²) in [6, 6.07) is 0. The fourth-order valence-corrected chi connectivity index (χ4v) is 6.44. The molecule has 2 fully saturated rings. The Hall–Kier alpha value is -1.09. The number of aliphatic hydroxyl groups excluding tert-OH is 1. The summed E-state index contributed by atoms with van der Waals surface area (Å²) in [4.78, 5) is 11.4. The minimum absolute atomic E-state index is 0.0170. The average molecular weight is 347 g/mol. The van der Waals surface area contributed by atoms with Crippen LogP contribution in [-0.2, 0) is 9.53 Å². The fourth-order valence-electron chi connectivity index (χ4n) is 6.44. The molecule has 0 saturated heterocycles. The van der Waals surface area contributed by atoms with E-state index >= 15 is 0 Å². The molecule has 6 atom stereocenters. The second-order valence-corrected chi connectivity index (χ2v) is 9.56. The zero-order valence-corrected chi connectivity index (χ0v) is 16.3. The van der Waals surface area contributed by atoms with Crippen LogP contribution in [0.1, 0.15) is 66.2 Å². The lowest BCUT2D eigenvalue weighted by molar-refractivity contribution is -0.156. The highest BCUT2D eigenvalue weighted by atomic mass is 16.5. The molecule has 3 heteroatoms. The zero-order chi connectivity index (χ0) is 18.5. The Kier molecular flexibility index (Phi) is 4.68. The van der Waals surface area contributed by atoms with Crippen LogP contribution in [0.2, 0.25) is 0 Å². The van der Waals surface area contributed by atoms with E-state index in [1.807, 2.05) is 6.08 Å². The predicted octanol–water partition coefficient (Wildman–Crippen LogP) is 4.66. The first-order valence-corrected chi connectivity index (χ1v) is 9.80. The lowest BCUT2D eigenvalue weighted by atomic mass is 9.45. The van der Waals surface area contributed by atoms with E-state index in [1.165, 1.54) is 12.5 Å². The quantitative estimate of drug-likeness (QED) is 0.597. The first-order chi connectivity index (χ1) is 11.6. The van der Waals surface area contributed by atoms with E-state index in [1.54, 1.807) is 0 Å². The van der Waals surface area contributed by atoms with E-state index in [0.717, 1.165) is 38.5 Å². The lowest BCUT2D eigenvalue weighted by Gasteiger charge is -2.61. The molecule has 1 N–H and O–H groups in total. The second-order valence-electron chi connectivity index (χ2n) is 9.56. The van der Waals surface area contributed by atoms with Gasteiger partial charge < -0.3 is 9.84 Å². The summed E-state index contributed by atoms with van der Waals surface area (Å²) in [5.41, 5.74) is 1.43. The number of hydrogen-bond acceptors (Lipinski definition) is 3. The molecule has 3 aliphatic rings. The van der Waals surface area contributed by atoms with E-state index in [2.05, 4.69) is 33.4 Å². The highest BCUT2D eigenvalue weighted by molar-refractivity contribution is 5.65. The van der Waals surface area contributed by atoms with Crippen molar-refractivity contribution in [1.82, 2.24) is 0 Å². The molecule has 2 saturated carbocycles. The van der Waals surface area contributed by atoms with Gasteiger partial charge in [-0.15, -0.1) is 6.58 Å². The Morgan fingerprint density at radius 3 is 2.76 bits per heavy atom. The van der Waals surface area contributed by atoms with Gasteiger partial charge in [-0.2, -0.15) is 0 Å². The minimum atomic E-state index is -0.313. The van der Waals surface area contributed by atoms with Crippen molar-refractivity contribution in [2.45, 2.75) is 72.3 Å². The molecule has 0 heterocycles. The molecular weight excluding hydrogens is 312 g/mol. The van der Waals surface area contributed by atoms with Crippen molar-refractivity contribution < 1.29 is 14.6 Å². The van der Waals surface area contributed by atoms with Gasteiger partial charge in [0, 0.05) is 23.7 Å². The number of carbonyl (C=O) groups is 1. The number of allylic oxidation sites excluding steroid dienone is 2. The first-order valence-electron chi connectivity index (χ1n) is 9.80. The fraction of sp³-hybridized carbons (Fsp3) is 0.773. The van der Waals surface area contributed by atoms with E-state index < -0.39 is 0 Å². The zero-order valence-electron chi connectivity index (χ0n) is 16.3. The van der Waals surface area contributed by atoms with E-state index in [4.69, 9.17) is 4.74 Å². The van der Waals surface area contributed by atoms with Gasteiger partial charge in [0.15, 0.2) is 0 Å². The van der Waals surface area contributed by atoms with Gasteiger partial charge in [-0.3, -0.25) is 4.79 Å². The maximum atomic E-state index is 11.4. The van der Waals surface area contributed by atoms with Crippen molar-refractivity contribution in [2.75, 3.05) is 6.61 Å². The molecule has 0 aromatic rings. The van der Waals surface area contributed by atoms with Crippen LogP contribution in [0, 0.1) is 28.1 Å². The highest BCUT2D eigenvalue weighted by Crippen LogP contribution is 2.63. The van der Waals surface area contributed by atoms with Crippen LogP contribution >= 0.6 is 0 Å². The second kappa shape index (κ2) is 6.26. The molecule has 0 aromatic carbocycles. The van der Waals surface area contributed by atoms with Crippen molar-refractivity contribution in [3.05, 3.63) is 24.3 Å². The Balaban J connectivity index is 1.94. The molecular formula is C22H34O3. The molecule has 0 aliphatic heterocycles. The summed E-state index contributed by atoms with van der Waals surface area (Å²) in [7, 11) is 0. The van der Waals surface area contributed by atoms with Crippen LogP contribution < -0.4 is 0 Å². The number of hydrogen-bond donors (Lipinski definition) is 1. The number of ether oxygens (including phenoxy) is 1. The summed E-state index contributed by atoms with van der Waals surface area (Å²) in [5, 5.41) is 11.1. The average Bonchev–Trinajstić information content (AvgIpc) is 2.52. The molecule has 0 bridgehead atoms. The van der Waals surface area contributed by atoms with Gasteiger partial charge >= 0.3 is 5.97 Å². The van der Waals surface area contributed by atoms with Crippen LogP contribution in [0.15, 0.2) is 24.3 Å². The molecule has 3 nitrogen and oxygen atoms in total. The van der Waals surface area contributed by atoms with Crippen molar-refractivity contribution in [2.24, 2.45) is 28.1 Å². The van der Waals surface area contributed by atoms with Crippen LogP contribution in [0.5, 0.6) is 0 Å². The maximum absolute atomic E-state index is 11.4. The monoisotopic (exact) mass is 346 g/mol. The minimum Gasteiger partial charge on any atom is -0.465 e. The topological polar surface area (TPSA) is 46.5 Å². The third kappa shape index (κ3) is 3.09. The summed E-state index contributed by atoms with van der Waals surface area (Å²) < 4.78 is 5.46. The van der Waals surface area contributed by atoms with Crippen molar-refractivity contribution in [1.29, 1.82) is 0 Å². The van der Waals surface area contributed by atoms with Crippen molar-refractivity contribution in [3.8, 4) is 0 Å². The number of esters is 1. The summed E-state index contributed by atoms with van der Waals surface area (Å²) in [6.45, 7) is 12.8. The van der Waals surface area contributed by atoms with Gasteiger partial charge in [-0.05, 0) is 43.4 Å². The summed E-state index contributed by atoms with van der Waals surface area (Å²) in [6.07, 6.45) is 10.4. The molecule has 3 rings (SSSR count).